The van der Waals surface area contributed by atoms with Gasteiger partial charge in [0.25, 0.3) is 0 Å². The number of aryl methyl sites for hydroxylation is 2. The van der Waals surface area contributed by atoms with Crippen molar-refractivity contribution < 1.29 is 19.1 Å². The van der Waals surface area contributed by atoms with Crippen molar-refractivity contribution >= 4 is 17.5 Å². The molecule has 5 heteroatoms. The van der Waals surface area contributed by atoms with Crippen molar-refractivity contribution in [1.29, 1.82) is 0 Å². The van der Waals surface area contributed by atoms with Gasteiger partial charge in [-0.25, -0.2) is 4.79 Å². The van der Waals surface area contributed by atoms with Crippen molar-refractivity contribution in [3.63, 3.8) is 0 Å². The smallest absolute Gasteiger partial charge is 0.355 e. The third-order valence-electron chi connectivity index (χ3n) is 3.61. The Labute approximate surface area is 134 Å². The fraction of sp³-hybridized carbons (Fsp3) is 0.278. The molecular weight excluding hydrogens is 294 g/mol. The van der Waals surface area contributed by atoms with Crippen LogP contribution in [0.25, 0.3) is 0 Å². The molecule has 0 spiro atoms. The van der Waals surface area contributed by atoms with Crippen LogP contribution in [0, 0.1) is 6.92 Å². The van der Waals surface area contributed by atoms with Crippen LogP contribution in [0.4, 0.5) is 0 Å². The van der Waals surface area contributed by atoms with Crippen LogP contribution in [0.2, 0.25) is 0 Å². The maximum Gasteiger partial charge on any atom is 0.355 e. The van der Waals surface area contributed by atoms with Crippen LogP contribution in [-0.4, -0.2) is 28.2 Å². The molecule has 0 saturated carbocycles. The number of rotatable bonds is 5. The number of carbonyl (C=O) groups is 3. The lowest BCUT2D eigenvalue weighted by Crippen LogP contribution is -2.25. The van der Waals surface area contributed by atoms with Gasteiger partial charge < -0.3 is 9.30 Å². The van der Waals surface area contributed by atoms with Crippen LogP contribution in [0.3, 0.4) is 0 Å². The number of nitrogens with zero attached hydrogens (tertiary/aromatic N) is 1. The van der Waals surface area contributed by atoms with Gasteiger partial charge in [-0.3, -0.25) is 9.59 Å². The van der Waals surface area contributed by atoms with Gasteiger partial charge in [-0.1, -0.05) is 29.8 Å². The Morgan fingerprint density at radius 3 is 2.22 bits per heavy atom. The zero-order valence-electron chi connectivity index (χ0n) is 13.6. The molecule has 0 unspecified atom stereocenters. The summed E-state index contributed by atoms with van der Waals surface area (Å²) < 4.78 is 6.75. The van der Waals surface area contributed by atoms with Gasteiger partial charge in [0, 0.05) is 24.4 Å². The number of hydrogen-bond acceptors (Lipinski definition) is 4. The Kier molecular flexibility index (Phi) is 4.79. The summed E-state index contributed by atoms with van der Waals surface area (Å²) in [7, 11) is 1.65. The van der Waals surface area contributed by atoms with E-state index in [1.165, 1.54) is 24.5 Å². The second-order valence-electron chi connectivity index (χ2n) is 5.56. The quantitative estimate of drug-likeness (QED) is 0.629. The molecule has 5 nitrogen and oxygen atoms in total. The molecule has 0 aliphatic rings. The summed E-state index contributed by atoms with van der Waals surface area (Å²) in [5.41, 5.74) is 2.20. The van der Waals surface area contributed by atoms with Crippen molar-refractivity contribution in [2.45, 2.75) is 26.9 Å². The first-order chi connectivity index (χ1) is 10.8. The van der Waals surface area contributed by atoms with E-state index in [0.717, 1.165) is 5.56 Å². The average molecular weight is 313 g/mol. The summed E-state index contributed by atoms with van der Waals surface area (Å²) in [5, 5.41) is 0. The Bertz CT molecular complexity index is 756. The van der Waals surface area contributed by atoms with E-state index >= 15 is 0 Å². The molecule has 1 aromatic heterocycles. The van der Waals surface area contributed by atoms with Crippen LogP contribution in [0.1, 0.15) is 50.6 Å². The molecule has 0 N–H and O–H groups in total. The number of ether oxygens (including phenoxy) is 1. The van der Waals surface area contributed by atoms with Crippen LogP contribution < -0.4 is 0 Å². The van der Waals surface area contributed by atoms with E-state index in [1.807, 2.05) is 19.1 Å². The van der Waals surface area contributed by atoms with Crippen molar-refractivity contribution in [2.24, 2.45) is 7.05 Å². The van der Waals surface area contributed by atoms with Crippen molar-refractivity contribution in [1.82, 2.24) is 4.57 Å². The third-order valence-corrected chi connectivity index (χ3v) is 3.61. The zero-order chi connectivity index (χ0) is 17.1. The fourth-order valence-corrected chi connectivity index (χ4v) is 2.19. The Morgan fingerprint density at radius 2 is 1.70 bits per heavy atom. The molecule has 1 heterocycles. The second kappa shape index (κ2) is 6.60. The Morgan fingerprint density at radius 1 is 1.09 bits per heavy atom. The van der Waals surface area contributed by atoms with Crippen LogP contribution in [0.15, 0.2) is 36.5 Å². The highest BCUT2D eigenvalue weighted by Gasteiger charge is 2.22. The summed E-state index contributed by atoms with van der Waals surface area (Å²) in [6.45, 7) is 4.89. The van der Waals surface area contributed by atoms with Gasteiger partial charge in [-0.05, 0) is 26.8 Å². The predicted molar refractivity (Wildman–Crippen MR) is 85.8 cm³/mol. The molecule has 0 aliphatic heterocycles. The molecule has 2 rings (SSSR count). The molecule has 2 aromatic rings. The van der Waals surface area contributed by atoms with Gasteiger partial charge in [0.2, 0.25) is 5.78 Å². The molecule has 0 radical (unpaired) electrons. The van der Waals surface area contributed by atoms with E-state index in [9.17, 15) is 14.4 Å². The highest BCUT2D eigenvalue weighted by molar-refractivity contribution is 6.02. The summed E-state index contributed by atoms with van der Waals surface area (Å²) in [5.74, 6) is -1.03. The number of esters is 1. The maximum atomic E-state index is 12.3. The maximum absolute atomic E-state index is 12.3. The van der Waals surface area contributed by atoms with Gasteiger partial charge in [0.1, 0.15) is 5.69 Å². The Hall–Kier alpha value is -2.69. The largest absolute Gasteiger partial charge is 0.450 e. The normalized spacial score (nSPS) is 11.8. The minimum absolute atomic E-state index is 0.136. The van der Waals surface area contributed by atoms with Crippen LogP contribution in [-0.2, 0) is 11.8 Å². The molecule has 23 heavy (non-hydrogen) atoms. The molecular formula is C18H19NO4. The SMILES string of the molecule is CC(=O)c1cc(C(=O)O[C@H](C)C(=O)c2ccc(C)cc2)n(C)c1. The lowest BCUT2D eigenvalue weighted by atomic mass is 10.1. The van der Waals surface area contributed by atoms with Gasteiger partial charge in [0.15, 0.2) is 11.9 Å². The highest BCUT2D eigenvalue weighted by Crippen LogP contribution is 2.13. The fourth-order valence-electron chi connectivity index (χ4n) is 2.19. The first kappa shape index (κ1) is 16.7. The lowest BCUT2D eigenvalue weighted by molar-refractivity contribution is 0.0309. The van der Waals surface area contributed by atoms with Gasteiger partial charge >= 0.3 is 5.97 Å². The Balaban J connectivity index is 2.11. The number of carbonyl (C=O) groups excluding carboxylic acids is 3. The highest BCUT2D eigenvalue weighted by atomic mass is 16.5. The minimum atomic E-state index is -0.902. The summed E-state index contributed by atoms with van der Waals surface area (Å²) in [6.07, 6.45) is 0.659. The monoisotopic (exact) mass is 313 g/mol. The van der Waals surface area contributed by atoms with E-state index in [2.05, 4.69) is 0 Å². The number of Topliss-reactive ketones (excluding diaryl/α,β-unsaturated/α-hetero) is 2. The molecule has 0 aliphatic carbocycles. The van der Waals surface area contributed by atoms with Crippen LogP contribution >= 0.6 is 0 Å². The van der Waals surface area contributed by atoms with Gasteiger partial charge in [-0.15, -0.1) is 0 Å². The minimum Gasteiger partial charge on any atom is -0.450 e. The van der Waals surface area contributed by atoms with E-state index in [0.29, 0.717) is 11.1 Å². The summed E-state index contributed by atoms with van der Waals surface area (Å²) >= 11 is 0. The molecule has 1 atom stereocenters. The third kappa shape index (κ3) is 3.74. The second-order valence-corrected chi connectivity index (χ2v) is 5.56. The van der Waals surface area contributed by atoms with Gasteiger partial charge in [0.05, 0.1) is 0 Å². The topological polar surface area (TPSA) is 65.4 Å². The number of benzene rings is 1. The lowest BCUT2D eigenvalue weighted by Gasteiger charge is -2.12. The van der Waals surface area contributed by atoms with Crippen LogP contribution in [0.5, 0.6) is 0 Å². The molecule has 1 aromatic carbocycles. The standard InChI is InChI=1S/C18H19NO4/c1-11-5-7-14(8-6-11)17(21)13(3)23-18(22)16-9-15(12(2)20)10-19(16)4/h5-10,13H,1-4H3/t13-/m1/s1. The van der Waals surface area contributed by atoms with Crippen molar-refractivity contribution in [3.8, 4) is 0 Å². The van der Waals surface area contributed by atoms with E-state index in [1.54, 1.807) is 25.4 Å². The number of ketones is 2. The molecule has 0 amide bonds. The molecule has 0 fully saturated rings. The summed E-state index contributed by atoms with van der Waals surface area (Å²) in [4.78, 5) is 35.8. The van der Waals surface area contributed by atoms with Crippen molar-refractivity contribution in [2.75, 3.05) is 0 Å². The first-order valence-corrected chi connectivity index (χ1v) is 7.28. The van der Waals surface area contributed by atoms with E-state index in [4.69, 9.17) is 4.74 Å². The number of aromatic nitrogens is 1. The van der Waals surface area contributed by atoms with Crippen molar-refractivity contribution in [3.05, 3.63) is 58.9 Å². The summed E-state index contributed by atoms with van der Waals surface area (Å²) in [6, 6.07) is 8.54. The van der Waals surface area contributed by atoms with E-state index in [-0.39, 0.29) is 17.3 Å². The van der Waals surface area contributed by atoms with E-state index < -0.39 is 12.1 Å². The first-order valence-electron chi connectivity index (χ1n) is 7.28. The number of hydrogen-bond donors (Lipinski definition) is 0. The van der Waals surface area contributed by atoms with Gasteiger partial charge in [-0.2, -0.15) is 0 Å². The zero-order valence-corrected chi connectivity index (χ0v) is 13.6. The predicted octanol–water partition coefficient (Wildman–Crippen LogP) is 2.96. The molecule has 0 bridgehead atoms. The molecule has 120 valence electrons. The molecule has 0 saturated heterocycles. The average Bonchev–Trinajstić information content (AvgIpc) is 2.89.